The van der Waals surface area contributed by atoms with Crippen LogP contribution in [0.3, 0.4) is 0 Å². The molecule has 0 saturated heterocycles. The van der Waals surface area contributed by atoms with Gasteiger partial charge < -0.3 is 15.8 Å². The predicted molar refractivity (Wildman–Crippen MR) is 61.8 cm³/mol. The van der Waals surface area contributed by atoms with Gasteiger partial charge in [-0.2, -0.15) is 0 Å². The lowest BCUT2D eigenvalue weighted by molar-refractivity contribution is -0.125. The van der Waals surface area contributed by atoms with E-state index in [0.717, 1.165) is 6.26 Å². The molecule has 96 valence electrons. The second-order valence-electron chi connectivity index (χ2n) is 4.15. The van der Waals surface area contributed by atoms with Crippen molar-refractivity contribution in [2.45, 2.75) is 18.6 Å². The number of nitrogens with one attached hydrogen (secondary N) is 1. The van der Waals surface area contributed by atoms with Gasteiger partial charge in [-0.3, -0.25) is 4.79 Å². The Balaban J connectivity index is 4.01. The molecule has 0 aromatic heterocycles. The van der Waals surface area contributed by atoms with E-state index in [0.29, 0.717) is 13.2 Å². The van der Waals surface area contributed by atoms with Crippen molar-refractivity contribution >= 4 is 15.7 Å². The molecule has 0 aliphatic rings. The van der Waals surface area contributed by atoms with E-state index in [9.17, 15) is 13.2 Å². The molecular weight excluding hydrogens is 232 g/mol. The molecule has 0 spiro atoms. The molecule has 0 aliphatic heterocycles. The van der Waals surface area contributed by atoms with E-state index in [2.05, 4.69) is 5.32 Å². The van der Waals surface area contributed by atoms with Gasteiger partial charge in [-0.05, 0) is 13.8 Å². The van der Waals surface area contributed by atoms with Crippen LogP contribution in [0.15, 0.2) is 0 Å². The van der Waals surface area contributed by atoms with E-state index in [1.807, 2.05) is 0 Å². The molecule has 1 amide bonds. The molecule has 0 aliphatic carbocycles. The number of amides is 1. The smallest absolute Gasteiger partial charge is 0.246 e. The molecule has 7 heteroatoms. The number of nitrogens with two attached hydrogens (primary N) is 1. The third kappa shape index (κ3) is 5.43. The number of hydrogen-bond acceptors (Lipinski definition) is 5. The summed E-state index contributed by atoms with van der Waals surface area (Å²) in [6.45, 7) is 3.74. The van der Waals surface area contributed by atoms with Crippen LogP contribution in [0.1, 0.15) is 13.8 Å². The molecule has 0 saturated carbocycles. The zero-order valence-electron chi connectivity index (χ0n) is 9.95. The minimum absolute atomic E-state index is 0.0661. The highest BCUT2D eigenvalue weighted by atomic mass is 32.2. The topological polar surface area (TPSA) is 98.5 Å². The normalized spacial score (nSPS) is 12.5. The Kier molecular flexibility index (Phi) is 5.91. The van der Waals surface area contributed by atoms with Crippen molar-refractivity contribution in [3.63, 3.8) is 0 Å². The summed E-state index contributed by atoms with van der Waals surface area (Å²) in [5.74, 6) is -0.342. The van der Waals surface area contributed by atoms with Crippen molar-refractivity contribution in [1.82, 2.24) is 5.32 Å². The van der Waals surface area contributed by atoms with Crippen molar-refractivity contribution in [2.24, 2.45) is 5.73 Å². The molecule has 0 fully saturated rings. The van der Waals surface area contributed by atoms with E-state index in [4.69, 9.17) is 10.5 Å². The summed E-state index contributed by atoms with van der Waals surface area (Å²) in [7, 11) is -3.20. The van der Waals surface area contributed by atoms with Crippen molar-refractivity contribution in [3.05, 3.63) is 0 Å². The van der Waals surface area contributed by atoms with Crippen LogP contribution < -0.4 is 11.1 Å². The Morgan fingerprint density at radius 2 is 2.00 bits per heavy atom. The van der Waals surface area contributed by atoms with Gasteiger partial charge in [0.15, 0.2) is 9.84 Å². The first-order chi connectivity index (χ1) is 7.20. The summed E-state index contributed by atoms with van der Waals surface area (Å²) in [6, 6.07) is 0. The van der Waals surface area contributed by atoms with Crippen LogP contribution in [0.5, 0.6) is 0 Å². The number of carbonyl (C=O) groups excluding carboxylic acids is 1. The maximum absolute atomic E-state index is 11.3. The zero-order chi connectivity index (χ0) is 12.8. The number of sulfone groups is 1. The third-order valence-electron chi connectivity index (χ3n) is 2.21. The summed E-state index contributed by atoms with van der Waals surface area (Å²) in [5, 5.41) is 2.50. The second kappa shape index (κ2) is 6.17. The first-order valence-electron chi connectivity index (χ1n) is 4.95. The molecule has 16 heavy (non-hydrogen) atoms. The molecule has 0 bridgehead atoms. The van der Waals surface area contributed by atoms with Gasteiger partial charge in [-0.1, -0.05) is 0 Å². The van der Waals surface area contributed by atoms with Gasteiger partial charge in [0.2, 0.25) is 5.91 Å². The molecule has 3 N–H and O–H groups in total. The second-order valence-corrected chi connectivity index (χ2v) is 6.80. The summed E-state index contributed by atoms with van der Waals surface area (Å²) in [5.41, 5.74) is 5.18. The number of carbonyl (C=O) groups is 1. The average molecular weight is 252 g/mol. The lowest BCUT2D eigenvalue weighted by Crippen LogP contribution is -2.44. The van der Waals surface area contributed by atoms with Crippen molar-refractivity contribution in [1.29, 1.82) is 0 Å². The minimum Gasteiger partial charge on any atom is -0.370 e. The third-order valence-corrected chi connectivity index (χ3v) is 4.36. The highest BCUT2D eigenvalue weighted by Crippen LogP contribution is 2.13. The lowest BCUT2D eigenvalue weighted by Gasteiger charge is -2.22. The van der Waals surface area contributed by atoms with E-state index < -0.39 is 14.6 Å². The fraction of sp³-hybridized carbons (Fsp3) is 0.889. The van der Waals surface area contributed by atoms with E-state index >= 15 is 0 Å². The van der Waals surface area contributed by atoms with E-state index in [1.54, 1.807) is 13.8 Å². The van der Waals surface area contributed by atoms with Gasteiger partial charge in [0.25, 0.3) is 0 Å². The van der Waals surface area contributed by atoms with E-state index in [1.165, 1.54) is 0 Å². The van der Waals surface area contributed by atoms with Gasteiger partial charge in [0.1, 0.15) is 6.61 Å². The van der Waals surface area contributed by atoms with Crippen LogP contribution >= 0.6 is 0 Å². The molecule has 0 unspecified atom stereocenters. The average Bonchev–Trinajstić information content (AvgIpc) is 2.13. The van der Waals surface area contributed by atoms with Gasteiger partial charge >= 0.3 is 0 Å². The van der Waals surface area contributed by atoms with Crippen molar-refractivity contribution in [3.8, 4) is 0 Å². The first kappa shape index (κ1) is 15.3. The largest absolute Gasteiger partial charge is 0.370 e. The maximum atomic E-state index is 11.3. The molecule has 0 aromatic carbocycles. The summed E-state index contributed by atoms with van der Waals surface area (Å²) in [6.07, 6.45) is 1.14. The maximum Gasteiger partial charge on any atom is 0.246 e. The number of rotatable bonds is 7. The van der Waals surface area contributed by atoms with Crippen LogP contribution in [-0.2, 0) is 19.4 Å². The molecule has 0 radical (unpaired) electrons. The lowest BCUT2D eigenvalue weighted by atomic mass is 10.2. The summed E-state index contributed by atoms with van der Waals surface area (Å²) in [4.78, 5) is 11.2. The monoisotopic (exact) mass is 252 g/mol. The van der Waals surface area contributed by atoms with Gasteiger partial charge in [-0.15, -0.1) is 0 Å². The molecule has 0 heterocycles. The summed E-state index contributed by atoms with van der Waals surface area (Å²) >= 11 is 0. The predicted octanol–water partition coefficient (Wildman–Crippen LogP) is -1.10. The van der Waals surface area contributed by atoms with Crippen LogP contribution in [0.4, 0.5) is 0 Å². The zero-order valence-corrected chi connectivity index (χ0v) is 10.8. The van der Waals surface area contributed by atoms with Gasteiger partial charge in [-0.25, -0.2) is 8.42 Å². The van der Waals surface area contributed by atoms with Crippen molar-refractivity contribution in [2.75, 3.05) is 32.6 Å². The van der Waals surface area contributed by atoms with Crippen LogP contribution in [0.25, 0.3) is 0 Å². The Morgan fingerprint density at radius 1 is 1.44 bits per heavy atom. The summed E-state index contributed by atoms with van der Waals surface area (Å²) < 4.78 is 26.6. The van der Waals surface area contributed by atoms with Crippen LogP contribution in [0.2, 0.25) is 0 Å². The molecular formula is C9H20N2O4S. The number of hydrogen-bond donors (Lipinski definition) is 2. The SMILES string of the molecule is CC(C)(CNC(=O)COCCN)S(C)(=O)=O. The molecule has 0 aromatic rings. The highest BCUT2D eigenvalue weighted by molar-refractivity contribution is 7.92. The molecule has 0 atom stereocenters. The first-order valence-corrected chi connectivity index (χ1v) is 6.84. The Bertz CT molecular complexity index is 324. The Labute approximate surface area is 96.4 Å². The minimum atomic E-state index is -3.20. The van der Waals surface area contributed by atoms with E-state index in [-0.39, 0.29) is 19.1 Å². The number of ether oxygens (including phenoxy) is 1. The van der Waals surface area contributed by atoms with Crippen LogP contribution in [0, 0.1) is 0 Å². The Morgan fingerprint density at radius 3 is 2.44 bits per heavy atom. The van der Waals surface area contributed by atoms with Gasteiger partial charge in [0, 0.05) is 19.3 Å². The quantitative estimate of drug-likeness (QED) is 0.560. The van der Waals surface area contributed by atoms with Gasteiger partial charge in [0.05, 0.1) is 11.4 Å². The molecule has 0 rings (SSSR count). The van der Waals surface area contributed by atoms with Crippen LogP contribution in [-0.4, -0.2) is 51.6 Å². The molecule has 6 nitrogen and oxygen atoms in total. The fourth-order valence-electron chi connectivity index (χ4n) is 0.742. The fourth-order valence-corrected chi connectivity index (χ4v) is 1.08. The Hall–Kier alpha value is -0.660. The highest BCUT2D eigenvalue weighted by Gasteiger charge is 2.30. The standard InChI is InChI=1S/C9H20N2O4S/c1-9(2,16(3,13)14)7-11-8(12)6-15-5-4-10/h4-7,10H2,1-3H3,(H,11,12). The van der Waals surface area contributed by atoms with Crippen molar-refractivity contribution < 1.29 is 17.9 Å².